The normalized spacial score (nSPS) is 19.5. The Morgan fingerprint density at radius 3 is 2.83 bits per heavy atom. The Labute approximate surface area is 140 Å². The van der Waals surface area contributed by atoms with Crippen molar-refractivity contribution in [3.05, 3.63) is 39.7 Å². The van der Waals surface area contributed by atoms with Crippen LogP contribution in [-0.2, 0) is 0 Å². The molecule has 1 aliphatic rings. The topological polar surface area (TPSA) is 84.3 Å². The highest BCUT2D eigenvalue weighted by Crippen LogP contribution is 2.29. The Bertz CT molecular complexity index is 595. The molecule has 1 heterocycles. The van der Waals surface area contributed by atoms with Gasteiger partial charge >= 0.3 is 0 Å². The fourth-order valence-electron chi connectivity index (χ4n) is 2.76. The molecule has 6 nitrogen and oxygen atoms in total. The minimum atomic E-state index is -0.749. The van der Waals surface area contributed by atoms with Gasteiger partial charge in [0, 0.05) is 12.6 Å². The van der Waals surface area contributed by atoms with Crippen LogP contribution >= 0.6 is 12.4 Å². The first-order valence-electron chi connectivity index (χ1n) is 7.27. The van der Waals surface area contributed by atoms with E-state index in [9.17, 15) is 19.3 Å². The number of amides is 1. The van der Waals surface area contributed by atoms with Crippen LogP contribution in [0.25, 0.3) is 0 Å². The van der Waals surface area contributed by atoms with Gasteiger partial charge in [0.15, 0.2) is 0 Å². The molecule has 2 N–H and O–H groups in total. The molecule has 23 heavy (non-hydrogen) atoms. The monoisotopic (exact) mass is 345 g/mol. The zero-order chi connectivity index (χ0) is 16.3. The van der Waals surface area contributed by atoms with Gasteiger partial charge in [0.25, 0.3) is 11.6 Å². The molecule has 0 aromatic heterocycles. The zero-order valence-electron chi connectivity index (χ0n) is 13.1. The molecule has 1 fully saturated rings. The molecule has 1 aliphatic heterocycles. The van der Waals surface area contributed by atoms with E-state index in [4.69, 9.17) is 0 Å². The zero-order valence-corrected chi connectivity index (χ0v) is 13.9. The lowest BCUT2D eigenvalue weighted by Gasteiger charge is -2.39. The Balaban J connectivity index is 0.00000264. The van der Waals surface area contributed by atoms with E-state index in [1.165, 1.54) is 0 Å². The molecule has 1 saturated heterocycles. The number of hydrogen-bond donors (Lipinski definition) is 2. The third-order valence-corrected chi connectivity index (χ3v) is 4.20. The molecule has 0 aliphatic carbocycles. The molecule has 0 radical (unpaired) electrons. The summed E-state index contributed by atoms with van der Waals surface area (Å²) in [5.41, 5.74) is -0.603. The molecular weight excluding hydrogens is 325 g/mol. The van der Waals surface area contributed by atoms with Crippen molar-refractivity contribution in [2.45, 2.75) is 32.7 Å². The number of nitrogens with one attached hydrogen (secondary N) is 2. The molecule has 1 aromatic rings. The smallest absolute Gasteiger partial charge is 0.285 e. The summed E-state index contributed by atoms with van der Waals surface area (Å²) in [5.74, 6) is -1.30. The summed E-state index contributed by atoms with van der Waals surface area (Å²) in [4.78, 5) is 22.4. The summed E-state index contributed by atoms with van der Waals surface area (Å²) < 4.78 is 13.1. The van der Waals surface area contributed by atoms with Crippen LogP contribution in [0, 0.1) is 21.3 Å². The SMILES string of the molecule is CC1(C)CCCNC1CNC(=O)c1ccc(F)cc1[N+](=O)[O-].Cl. The maximum absolute atomic E-state index is 13.1. The fraction of sp³-hybridized carbons (Fsp3) is 0.533. The molecule has 2 rings (SSSR count). The Morgan fingerprint density at radius 1 is 1.52 bits per heavy atom. The number of rotatable bonds is 4. The van der Waals surface area contributed by atoms with Crippen LogP contribution in [0.2, 0.25) is 0 Å². The Hall–Kier alpha value is -1.73. The van der Waals surface area contributed by atoms with E-state index >= 15 is 0 Å². The highest BCUT2D eigenvalue weighted by Gasteiger charge is 2.32. The maximum atomic E-state index is 13.1. The number of carbonyl (C=O) groups excluding carboxylic acids is 1. The number of hydrogen-bond acceptors (Lipinski definition) is 4. The molecule has 0 spiro atoms. The second kappa shape index (κ2) is 7.70. The van der Waals surface area contributed by atoms with Crippen molar-refractivity contribution in [3.8, 4) is 0 Å². The predicted molar refractivity (Wildman–Crippen MR) is 87.4 cm³/mol. The first kappa shape index (κ1) is 19.3. The maximum Gasteiger partial charge on any atom is 0.285 e. The van der Waals surface area contributed by atoms with E-state index in [0.717, 1.165) is 37.6 Å². The van der Waals surface area contributed by atoms with Gasteiger partial charge < -0.3 is 10.6 Å². The lowest BCUT2D eigenvalue weighted by Crippen LogP contribution is -2.52. The van der Waals surface area contributed by atoms with Gasteiger partial charge in [-0.05, 0) is 36.9 Å². The minimum Gasteiger partial charge on any atom is -0.350 e. The van der Waals surface area contributed by atoms with Gasteiger partial charge in [0.05, 0.1) is 11.0 Å². The third-order valence-electron chi connectivity index (χ3n) is 4.20. The van der Waals surface area contributed by atoms with Gasteiger partial charge in [-0.15, -0.1) is 12.4 Å². The molecule has 1 atom stereocenters. The number of nitro groups is 1. The molecule has 128 valence electrons. The van der Waals surface area contributed by atoms with E-state index < -0.39 is 22.3 Å². The van der Waals surface area contributed by atoms with Crippen LogP contribution in [0.5, 0.6) is 0 Å². The highest BCUT2D eigenvalue weighted by molar-refractivity contribution is 5.98. The number of nitro benzene ring substituents is 1. The number of piperidine rings is 1. The van der Waals surface area contributed by atoms with E-state index in [-0.39, 0.29) is 29.4 Å². The van der Waals surface area contributed by atoms with E-state index in [0.29, 0.717) is 6.54 Å². The van der Waals surface area contributed by atoms with Crippen LogP contribution in [-0.4, -0.2) is 30.0 Å². The lowest BCUT2D eigenvalue weighted by molar-refractivity contribution is -0.385. The molecule has 1 unspecified atom stereocenters. The van der Waals surface area contributed by atoms with Gasteiger partial charge in [0.2, 0.25) is 0 Å². The van der Waals surface area contributed by atoms with Crippen molar-refractivity contribution in [1.82, 2.24) is 10.6 Å². The van der Waals surface area contributed by atoms with Crippen molar-refractivity contribution in [2.75, 3.05) is 13.1 Å². The number of carbonyl (C=O) groups is 1. The minimum absolute atomic E-state index is 0. The summed E-state index contributed by atoms with van der Waals surface area (Å²) in [5, 5.41) is 17.0. The summed E-state index contributed by atoms with van der Waals surface area (Å²) >= 11 is 0. The van der Waals surface area contributed by atoms with Gasteiger partial charge in [-0.25, -0.2) is 4.39 Å². The summed E-state index contributed by atoms with van der Waals surface area (Å²) in [6.45, 7) is 5.51. The van der Waals surface area contributed by atoms with Crippen molar-refractivity contribution in [3.63, 3.8) is 0 Å². The lowest BCUT2D eigenvalue weighted by atomic mass is 9.77. The Kier molecular flexibility index (Phi) is 6.47. The van der Waals surface area contributed by atoms with E-state index in [1.807, 2.05) is 0 Å². The van der Waals surface area contributed by atoms with Gasteiger partial charge in [-0.3, -0.25) is 14.9 Å². The summed E-state index contributed by atoms with van der Waals surface area (Å²) in [7, 11) is 0. The summed E-state index contributed by atoms with van der Waals surface area (Å²) in [6.07, 6.45) is 2.14. The largest absolute Gasteiger partial charge is 0.350 e. The first-order valence-corrected chi connectivity index (χ1v) is 7.27. The fourth-order valence-corrected chi connectivity index (χ4v) is 2.76. The summed E-state index contributed by atoms with van der Waals surface area (Å²) in [6, 6.07) is 3.05. The predicted octanol–water partition coefficient (Wildman–Crippen LogP) is 2.66. The molecular formula is C15H21ClFN3O3. The average molecular weight is 346 g/mol. The second-order valence-corrected chi connectivity index (χ2v) is 6.23. The molecule has 1 amide bonds. The van der Waals surface area contributed by atoms with Crippen molar-refractivity contribution in [2.24, 2.45) is 5.41 Å². The van der Waals surface area contributed by atoms with Gasteiger partial charge in [0.1, 0.15) is 11.4 Å². The van der Waals surface area contributed by atoms with Crippen molar-refractivity contribution in [1.29, 1.82) is 0 Å². The molecule has 0 bridgehead atoms. The highest BCUT2D eigenvalue weighted by atomic mass is 35.5. The standard InChI is InChI=1S/C15H20FN3O3.ClH/c1-15(2)6-3-7-17-13(15)9-18-14(20)11-5-4-10(16)8-12(11)19(21)22;/h4-5,8,13,17H,3,6-7,9H2,1-2H3,(H,18,20);1H. The quantitative estimate of drug-likeness (QED) is 0.649. The van der Waals surface area contributed by atoms with Crippen LogP contribution in [0.15, 0.2) is 18.2 Å². The first-order chi connectivity index (χ1) is 10.3. The molecule has 8 heteroatoms. The number of benzene rings is 1. The van der Waals surface area contributed by atoms with Crippen LogP contribution in [0.3, 0.4) is 0 Å². The van der Waals surface area contributed by atoms with E-state index in [2.05, 4.69) is 24.5 Å². The van der Waals surface area contributed by atoms with Crippen molar-refractivity contribution < 1.29 is 14.1 Å². The Morgan fingerprint density at radius 2 is 2.22 bits per heavy atom. The number of nitrogens with zero attached hydrogens (tertiary/aromatic N) is 1. The third kappa shape index (κ3) is 4.62. The average Bonchev–Trinajstić information content (AvgIpc) is 2.45. The van der Waals surface area contributed by atoms with Gasteiger partial charge in [-0.2, -0.15) is 0 Å². The van der Waals surface area contributed by atoms with Crippen LogP contribution in [0.4, 0.5) is 10.1 Å². The number of halogens is 2. The second-order valence-electron chi connectivity index (χ2n) is 6.23. The van der Waals surface area contributed by atoms with E-state index in [1.54, 1.807) is 0 Å². The van der Waals surface area contributed by atoms with Crippen molar-refractivity contribution >= 4 is 24.0 Å². The molecule has 1 aromatic carbocycles. The van der Waals surface area contributed by atoms with Crippen LogP contribution < -0.4 is 10.6 Å². The van der Waals surface area contributed by atoms with Crippen LogP contribution in [0.1, 0.15) is 37.0 Å². The molecule has 0 saturated carbocycles. The van der Waals surface area contributed by atoms with Gasteiger partial charge in [-0.1, -0.05) is 13.8 Å².